The third-order valence-corrected chi connectivity index (χ3v) is 5.89. The van der Waals surface area contributed by atoms with Gasteiger partial charge in [-0.3, -0.25) is 9.88 Å². The van der Waals surface area contributed by atoms with Crippen LogP contribution in [0.5, 0.6) is 0 Å². The maximum absolute atomic E-state index is 4.72. The zero-order chi connectivity index (χ0) is 16.4. The van der Waals surface area contributed by atoms with Gasteiger partial charge in [0.2, 0.25) is 0 Å². The molecular formula is C20H23N3S. The molecule has 124 valence electrons. The molecule has 2 aromatic heterocycles. The first-order valence-electron chi connectivity index (χ1n) is 8.66. The van der Waals surface area contributed by atoms with Crippen molar-refractivity contribution in [3.63, 3.8) is 0 Å². The minimum absolute atomic E-state index is 0.307. The summed E-state index contributed by atoms with van der Waals surface area (Å²) < 4.78 is 0. The molecule has 1 N–H and O–H groups in total. The second-order valence-corrected chi connectivity index (χ2v) is 7.42. The highest BCUT2D eigenvalue weighted by molar-refractivity contribution is 7.10. The number of aromatic nitrogens is 1. The normalized spacial score (nSPS) is 17.7. The van der Waals surface area contributed by atoms with E-state index in [2.05, 4.69) is 65.1 Å². The minimum atomic E-state index is 0.307. The fraction of sp³-hybridized carbons (Fsp3) is 0.350. The fourth-order valence-electron chi connectivity index (χ4n) is 3.55. The second-order valence-electron chi connectivity index (χ2n) is 6.47. The number of thiophene rings is 1. The van der Waals surface area contributed by atoms with Crippen LogP contribution in [-0.4, -0.2) is 36.1 Å². The first-order valence-corrected chi connectivity index (χ1v) is 9.54. The van der Waals surface area contributed by atoms with E-state index in [4.69, 9.17) is 4.98 Å². The summed E-state index contributed by atoms with van der Waals surface area (Å²) >= 11 is 1.87. The Morgan fingerprint density at radius 2 is 2.08 bits per heavy atom. The molecule has 0 amide bonds. The van der Waals surface area contributed by atoms with Crippen LogP contribution in [0.3, 0.4) is 0 Å². The van der Waals surface area contributed by atoms with Gasteiger partial charge in [-0.2, -0.15) is 0 Å². The van der Waals surface area contributed by atoms with Crippen molar-refractivity contribution in [2.24, 2.45) is 0 Å². The van der Waals surface area contributed by atoms with E-state index < -0.39 is 0 Å². The Kier molecular flexibility index (Phi) is 4.60. The Balaban J connectivity index is 1.79. The van der Waals surface area contributed by atoms with Crippen LogP contribution in [0.15, 0.2) is 48.0 Å². The van der Waals surface area contributed by atoms with Crippen molar-refractivity contribution in [3.05, 3.63) is 64.0 Å². The number of benzene rings is 1. The molecule has 3 nitrogen and oxygen atoms in total. The van der Waals surface area contributed by atoms with Crippen LogP contribution >= 0.6 is 11.3 Å². The molecule has 0 aliphatic carbocycles. The smallest absolute Gasteiger partial charge is 0.0714 e. The van der Waals surface area contributed by atoms with Crippen molar-refractivity contribution in [2.75, 3.05) is 26.2 Å². The molecule has 0 radical (unpaired) electrons. The average molecular weight is 337 g/mol. The predicted octanol–water partition coefficient (Wildman–Crippen LogP) is 3.99. The summed E-state index contributed by atoms with van der Waals surface area (Å²) in [6.07, 6.45) is 3.27. The highest BCUT2D eigenvalue weighted by Crippen LogP contribution is 2.35. The van der Waals surface area contributed by atoms with Gasteiger partial charge in [-0.25, -0.2) is 0 Å². The van der Waals surface area contributed by atoms with E-state index in [0.29, 0.717) is 6.04 Å². The van der Waals surface area contributed by atoms with Crippen LogP contribution in [0.1, 0.15) is 28.5 Å². The number of nitrogens with zero attached hydrogens (tertiary/aromatic N) is 2. The molecule has 0 spiro atoms. The number of aryl methyl sites for hydroxylation is 1. The maximum Gasteiger partial charge on any atom is 0.0714 e. The van der Waals surface area contributed by atoms with E-state index in [-0.39, 0.29) is 0 Å². The molecule has 3 heterocycles. The maximum atomic E-state index is 4.72. The summed E-state index contributed by atoms with van der Waals surface area (Å²) in [5, 5.41) is 6.95. The van der Waals surface area contributed by atoms with Gasteiger partial charge < -0.3 is 5.32 Å². The highest BCUT2D eigenvalue weighted by Gasteiger charge is 2.26. The molecule has 1 atom stereocenters. The number of pyridine rings is 1. The van der Waals surface area contributed by atoms with Crippen LogP contribution < -0.4 is 5.32 Å². The zero-order valence-electron chi connectivity index (χ0n) is 14.0. The summed E-state index contributed by atoms with van der Waals surface area (Å²) in [5.74, 6) is 0. The second kappa shape index (κ2) is 7.01. The number of rotatable bonds is 3. The monoisotopic (exact) mass is 337 g/mol. The quantitative estimate of drug-likeness (QED) is 0.783. The summed E-state index contributed by atoms with van der Waals surface area (Å²) in [5.41, 5.74) is 3.76. The number of nitrogens with one attached hydrogen (secondary N) is 1. The van der Waals surface area contributed by atoms with Gasteiger partial charge in [0.1, 0.15) is 0 Å². The van der Waals surface area contributed by atoms with Crippen molar-refractivity contribution in [3.8, 4) is 0 Å². The predicted molar refractivity (Wildman–Crippen MR) is 102 cm³/mol. The van der Waals surface area contributed by atoms with Gasteiger partial charge in [-0.15, -0.1) is 11.3 Å². The Morgan fingerprint density at radius 1 is 1.17 bits per heavy atom. The molecule has 1 saturated heterocycles. The largest absolute Gasteiger partial charge is 0.315 e. The molecule has 0 bridgehead atoms. The molecule has 1 unspecified atom stereocenters. The van der Waals surface area contributed by atoms with Gasteiger partial charge in [0.15, 0.2) is 0 Å². The van der Waals surface area contributed by atoms with Crippen molar-refractivity contribution in [1.29, 1.82) is 0 Å². The SMILES string of the molecule is Cc1ccsc1C(c1cnc2ccccc2c1)N1CCCNCC1. The lowest BCUT2D eigenvalue weighted by atomic mass is 10.0. The van der Waals surface area contributed by atoms with Gasteiger partial charge in [0.25, 0.3) is 0 Å². The van der Waals surface area contributed by atoms with Gasteiger partial charge in [-0.05, 0) is 54.6 Å². The molecule has 0 saturated carbocycles. The Labute approximate surface area is 147 Å². The first kappa shape index (κ1) is 15.8. The number of para-hydroxylation sites is 1. The molecular weight excluding hydrogens is 314 g/mol. The minimum Gasteiger partial charge on any atom is -0.315 e. The lowest BCUT2D eigenvalue weighted by molar-refractivity contribution is 0.243. The zero-order valence-corrected chi connectivity index (χ0v) is 14.9. The van der Waals surface area contributed by atoms with Gasteiger partial charge in [-0.1, -0.05) is 18.2 Å². The van der Waals surface area contributed by atoms with Gasteiger partial charge in [0.05, 0.1) is 11.6 Å². The van der Waals surface area contributed by atoms with Gasteiger partial charge >= 0.3 is 0 Å². The number of hydrogen-bond acceptors (Lipinski definition) is 4. The van der Waals surface area contributed by atoms with E-state index in [1.165, 1.54) is 27.8 Å². The third kappa shape index (κ3) is 3.09. The fourth-order valence-corrected chi connectivity index (χ4v) is 4.64. The van der Waals surface area contributed by atoms with Gasteiger partial charge in [0, 0.05) is 36.1 Å². The summed E-state index contributed by atoms with van der Waals surface area (Å²) in [6, 6.07) is 13.3. The van der Waals surface area contributed by atoms with E-state index in [0.717, 1.165) is 31.7 Å². The Morgan fingerprint density at radius 3 is 2.96 bits per heavy atom. The van der Waals surface area contributed by atoms with Crippen molar-refractivity contribution in [2.45, 2.75) is 19.4 Å². The Hall–Kier alpha value is -1.75. The summed E-state index contributed by atoms with van der Waals surface area (Å²) in [7, 11) is 0. The number of hydrogen-bond donors (Lipinski definition) is 1. The molecule has 1 aliphatic heterocycles. The van der Waals surface area contributed by atoms with Crippen LogP contribution in [-0.2, 0) is 0 Å². The van der Waals surface area contributed by atoms with Crippen molar-refractivity contribution < 1.29 is 0 Å². The van der Waals surface area contributed by atoms with E-state index in [9.17, 15) is 0 Å². The first-order chi connectivity index (χ1) is 11.8. The third-order valence-electron chi connectivity index (χ3n) is 4.82. The summed E-state index contributed by atoms with van der Waals surface area (Å²) in [4.78, 5) is 8.79. The van der Waals surface area contributed by atoms with E-state index >= 15 is 0 Å². The molecule has 1 aromatic carbocycles. The molecule has 1 aliphatic rings. The van der Waals surface area contributed by atoms with E-state index in [1.54, 1.807) is 0 Å². The molecule has 3 aromatic rings. The number of fused-ring (bicyclic) bond motifs is 1. The standard InChI is InChI=1S/C20H23N3S/c1-15-7-12-24-20(15)19(23-10-4-8-21-9-11-23)17-13-16-5-2-3-6-18(16)22-14-17/h2-3,5-7,12-14,19,21H,4,8-11H2,1H3. The van der Waals surface area contributed by atoms with Crippen molar-refractivity contribution >= 4 is 22.2 Å². The molecule has 4 rings (SSSR count). The molecule has 4 heteroatoms. The molecule has 1 fully saturated rings. The average Bonchev–Trinajstić information content (AvgIpc) is 2.86. The Bertz CT molecular complexity index is 818. The lowest BCUT2D eigenvalue weighted by Crippen LogP contribution is -2.33. The highest BCUT2D eigenvalue weighted by atomic mass is 32.1. The molecule has 24 heavy (non-hydrogen) atoms. The van der Waals surface area contributed by atoms with Crippen LogP contribution in [0.25, 0.3) is 10.9 Å². The van der Waals surface area contributed by atoms with Crippen LogP contribution in [0.2, 0.25) is 0 Å². The topological polar surface area (TPSA) is 28.2 Å². The van der Waals surface area contributed by atoms with Crippen molar-refractivity contribution in [1.82, 2.24) is 15.2 Å². The lowest BCUT2D eigenvalue weighted by Gasteiger charge is -2.30. The van der Waals surface area contributed by atoms with Crippen LogP contribution in [0, 0.1) is 6.92 Å². The summed E-state index contributed by atoms with van der Waals surface area (Å²) in [6.45, 7) is 6.60. The van der Waals surface area contributed by atoms with E-state index in [1.807, 2.05) is 11.3 Å². The van der Waals surface area contributed by atoms with Crippen LogP contribution in [0.4, 0.5) is 0 Å².